The molecule has 0 saturated carbocycles. The highest BCUT2D eigenvalue weighted by Gasteiger charge is 2.11. The molecule has 0 radical (unpaired) electrons. The predicted molar refractivity (Wildman–Crippen MR) is 75.4 cm³/mol. The van der Waals surface area contributed by atoms with Crippen molar-refractivity contribution in [2.45, 2.75) is 13.0 Å². The van der Waals surface area contributed by atoms with E-state index in [4.69, 9.17) is 0 Å². The van der Waals surface area contributed by atoms with Crippen LogP contribution in [0, 0.1) is 0 Å². The first-order chi connectivity index (χ1) is 8.88. The van der Waals surface area contributed by atoms with Crippen LogP contribution in [0.25, 0.3) is 0 Å². The summed E-state index contributed by atoms with van der Waals surface area (Å²) in [6.45, 7) is 2.36. The average molecular weight is 285 g/mol. The number of anilines is 1. The molecule has 0 spiro atoms. The summed E-state index contributed by atoms with van der Waals surface area (Å²) in [6, 6.07) is 8.74. The molecule has 1 aromatic carbocycles. The van der Waals surface area contributed by atoms with Gasteiger partial charge in [0.15, 0.2) is 0 Å². The van der Waals surface area contributed by atoms with Crippen LogP contribution in [0.2, 0.25) is 0 Å². The molecule has 19 heavy (non-hydrogen) atoms. The molecular weight excluding hydrogens is 266 g/mol. The summed E-state index contributed by atoms with van der Waals surface area (Å²) < 4.78 is 24.0. The van der Waals surface area contributed by atoms with Gasteiger partial charge in [-0.05, 0) is 19.1 Å². The van der Waals surface area contributed by atoms with E-state index in [9.17, 15) is 13.2 Å². The number of para-hydroxylation sites is 1. The number of sulfonamides is 1. The number of hydrogen-bond acceptors (Lipinski definition) is 4. The third kappa shape index (κ3) is 6.90. The molecule has 1 atom stereocenters. The fourth-order valence-electron chi connectivity index (χ4n) is 1.39. The van der Waals surface area contributed by atoms with Gasteiger partial charge in [-0.25, -0.2) is 13.1 Å². The molecule has 0 bridgehead atoms. The largest absolute Gasteiger partial charge is 0.325 e. The van der Waals surface area contributed by atoms with Crippen LogP contribution in [-0.2, 0) is 14.8 Å². The van der Waals surface area contributed by atoms with E-state index in [2.05, 4.69) is 15.4 Å². The summed E-state index contributed by atoms with van der Waals surface area (Å²) in [5, 5.41) is 5.69. The number of hydrogen-bond donors (Lipinski definition) is 3. The lowest BCUT2D eigenvalue weighted by Gasteiger charge is -2.14. The van der Waals surface area contributed by atoms with Crippen LogP contribution in [0.1, 0.15) is 6.92 Å². The molecule has 3 N–H and O–H groups in total. The lowest BCUT2D eigenvalue weighted by Crippen LogP contribution is -2.41. The summed E-state index contributed by atoms with van der Waals surface area (Å²) in [5.41, 5.74) is 0.732. The number of amides is 1. The van der Waals surface area contributed by atoms with Gasteiger partial charge in [-0.15, -0.1) is 0 Å². The number of benzene rings is 1. The Kier molecular flexibility index (Phi) is 5.94. The highest BCUT2D eigenvalue weighted by Crippen LogP contribution is 2.05. The van der Waals surface area contributed by atoms with E-state index in [0.717, 1.165) is 11.9 Å². The van der Waals surface area contributed by atoms with Crippen LogP contribution in [0.5, 0.6) is 0 Å². The third-order valence-electron chi connectivity index (χ3n) is 2.37. The van der Waals surface area contributed by atoms with Gasteiger partial charge >= 0.3 is 0 Å². The van der Waals surface area contributed by atoms with Gasteiger partial charge in [0.05, 0.1) is 12.3 Å². The quantitative estimate of drug-likeness (QED) is 0.622. The zero-order valence-corrected chi connectivity index (χ0v) is 11.8. The van der Waals surface area contributed by atoms with E-state index in [1.807, 2.05) is 18.2 Å². The Morgan fingerprint density at radius 1 is 1.21 bits per heavy atom. The standard InChI is InChI=1S/C12H19N3O3S/c1-10(13-8-9-14-19(2,17)18)12(16)15-11-6-4-3-5-7-11/h3-7,10,13-14H,8-9H2,1-2H3,(H,15,16). The minimum Gasteiger partial charge on any atom is -0.325 e. The molecule has 0 aliphatic rings. The van der Waals surface area contributed by atoms with Crippen molar-refractivity contribution >= 4 is 21.6 Å². The van der Waals surface area contributed by atoms with E-state index in [0.29, 0.717) is 6.54 Å². The third-order valence-corrected chi connectivity index (χ3v) is 3.10. The molecule has 0 saturated heterocycles. The van der Waals surface area contributed by atoms with Crippen molar-refractivity contribution in [1.82, 2.24) is 10.0 Å². The van der Waals surface area contributed by atoms with Crippen molar-refractivity contribution in [3.63, 3.8) is 0 Å². The molecule has 6 nitrogen and oxygen atoms in total. The highest BCUT2D eigenvalue weighted by molar-refractivity contribution is 7.88. The molecule has 1 rings (SSSR count). The molecular formula is C12H19N3O3S. The fraction of sp³-hybridized carbons (Fsp3) is 0.417. The van der Waals surface area contributed by atoms with E-state index >= 15 is 0 Å². The maximum atomic E-state index is 11.8. The topological polar surface area (TPSA) is 87.3 Å². The monoisotopic (exact) mass is 285 g/mol. The maximum absolute atomic E-state index is 11.8. The Labute approximate surface area is 113 Å². The van der Waals surface area contributed by atoms with Gasteiger partial charge in [0.2, 0.25) is 15.9 Å². The van der Waals surface area contributed by atoms with Gasteiger partial charge in [-0.1, -0.05) is 18.2 Å². The van der Waals surface area contributed by atoms with Gasteiger partial charge < -0.3 is 10.6 Å². The zero-order chi connectivity index (χ0) is 14.3. The Bertz CT molecular complexity index is 502. The molecule has 1 amide bonds. The van der Waals surface area contributed by atoms with E-state index in [1.165, 1.54) is 0 Å². The maximum Gasteiger partial charge on any atom is 0.241 e. The Balaban J connectivity index is 2.29. The van der Waals surface area contributed by atoms with Crippen LogP contribution in [-0.4, -0.2) is 39.7 Å². The Hall–Kier alpha value is -1.44. The van der Waals surface area contributed by atoms with Crippen molar-refractivity contribution in [1.29, 1.82) is 0 Å². The van der Waals surface area contributed by atoms with Crippen LogP contribution >= 0.6 is 0 Å². The summed E-state index contributed by atoms with van der Waals surface area (Å²) >= 11 is 0. The molecule has 1 aromatic rings. The molecule has 0 aliphatic heterocycles. The average Bonchev–Trinajstić information content (AvgIpc) is 2.34. The SMILES string of the molecule is CC(NCCNS(C)(=O)=O)C(=O)Nc1ccccc1. The zero-order valence-electron chi connectivity index (χ0n) is 11.0. The number of rotatable bonds is 7. The first-order valence-electron chi connectivity index (χ1n) is 5.92. The van der Waals surface area contributed by atoms with Crippen LogP contribution in [0.3, 0.4) is 0 Å². The van der Waals surface area contributed by atoms with E-state index in [1.54, 1.807) is 19.1 Å². The molecule has 1 unspecified atom stereocenters. The normalized spacial score (nSPS) is 12.9. The Morgan fingerprint density at radius 2 is 1.84 bits per heavy atom. The van der Waals surface area contributed by atoms with E-state index < -0.39 is 16.1 Å². The lowest BCUT2D eigenvalue weighted by molar-refractivity contribution is -0.117. The minimum atomic E-state index is -3.18. The van der Waals surface area contributed by atoms with Gasteiger partial charge in [0.25, 0.3) is 0 Å². The second-order valence-corrected chi connectivity index (χ2v) is 6.03. The number of carbonyl (C=O) groups excluding carboxylic acids is 1. The van der Waals surface area contributed by atoms with Crippen LogP contribution < -0.4 is 15.4 Å². The lowest BCUT2D eigenvalue weighted by atomic mass is 10.2. The van der Waals surface area contributed by atoms with Gasteiger partial charge in [-0.3, -0.25) is 4.79 Å². The summed E-state index contributed by atoms with van der Waals surface area (Å²) in [7, 11) is -3.18. The Morgan fingerprint density at radius 3 is 2.42 bits per heavy atom. The van der Waals surface area contributed by atoms with Crippen LogP contribution in [0.4, 0.5) is 5.69 Å². The molecule has 0 aromatic heterocycles. The van der Waals surface area contributed by atoms with Gasteiger partial charge in [0.1, 0.15) is 0 Å². The summed E-state index contributed by atoms with van der Waals surface area (Å²) in [6.07, 6.45) is 1.10. The molecule has 0 heterocycles. The van der Waals surface area contributed by atoms with Crippen molar-refractivity contribution in [2.75, 3.05) is 24.7 Å². The molecule has 0 aliphatic carbocycles. The summed E-state index contributed by atoms with van der Waals surface area (Å²) in [5.74, 6) is -0.162. The van der Waals surface area contributed by atoms with Gasteiger partial charge in [0, 0.05) is 18.8 Å². The van der Waals surface area contributed by atoms with Crippen molar-refractivity contribution in [3.8, 4) is 0 Å². The van der Waals surface area contributed by atoms with Crippen molar-refractivity contribution in [2.24, 2.45) is 0 Å². The van der Waals surface area contributed by atoms with Gasteiger partial charge in [-0.2, -0.15) is 0 Å². The first-order valence-corrected chi connectivity index (χ1v) is 7.81. The number of carbonyl (C=O) groups is 1. The smallest absolute Gasteiger partial charge is 0.241 e. The van der Waals surface area contributed by atoms with Crippen molar-refractivity contribution < 1.29 is 13.2 Å². The van der Waals surface area contributed by atoms with Crippen LogP contribution in [0.15, 0.2) is 30.3 Å². The first kappa shape index (κ1) is 15.6. The molecule has 0 fully saturated rings. The second-order valence-electron chi connectivity index (χ2n) is 4.20. The fourth-order valence-corrected chi connectivity index (χ4v) is 1.86. The minimum absolute atomic E-state index is 0.162. The summed E-state index contributed by atoms with van der Waals surface area (Å²) in [4.78, 5) is 11.8. The number of nitrogens with one attached hydrogen (secondary N) is 3. The second kappa shape index (κ2) is 7.22. The van der Waals surface area contributed by atoms with Crippen molar-refractivity contribution in [3.05, 3.63) is 30.3 Å². The van der Waals surface area contributed by atoms with E-state index in [-0.39, 0.29) is 12.5 Å². The predicted octanol–water partition coefficient (Wildman–Crippen LogP) is 0.152. The highest BCUT2D eigenvalue weighted by atomic mass is 32.2. The molecule has 106 valence electrons. The molecule has 7 heteroatoms.